The maximum absolute atomic E-state index is 13.9. The lowest BCUT2D eigenvalue weighted by Gasteiger charge is -2.20. The Labute approximate surface area is 156 Å². The highest BCUT2D eigenvalue weighted by atomic mass is 19.1. The number of amides is 1. The molecule has 1 saturated carbocycles. The van der Waals surface area contributed by atoms with E-state index in [0.717, 1.165) is 24.4 Å². The van der Waals surface area contributed by atoms with Crippen molar-refractivity contribution >= 4 is 11.6 Å². The Morgan fingerprint density at radius 3 is 2.81 bits per heavy atom. The van der Waals surface area contributed by atoms with Crippen LogP contribution in [-0.2, 0) is 6.42 Å². The molecule has 1 aromatic heterocycles. The molecule has 1 saturated heterocycles. The van der Waals surface area contributed by atoms with Crippen LogP contribution in [-0.4, -0.2) is 40.7 Å². The molecule has 0 bridgehead atoms. The van der Waals surface area contributed by atoms with Gasteiger partial charge in [-0.05, 0) is 61.6 Å². The molecule has 2 aromatic rings. The SMILES string of the molecule is O=C(NC1(Cc2cc(F)ccc2F)CC1)c1cc(N2CC[C@H](O)C2)ccn1. The summed E-state index contributed by atoms with van der Waals surface area (Å²) in [4.78, 5) is 18.8. The van der Waals surface area contributed by atoms with Crippen LogP contribution in [0.1, 0.15) is 35.3 Å². The van der Waals surface area contributed by atoms with E-state index in [-0.39, 0.29) is 29.7 Å². The molecule has 2 heterocycles. The number of rotatable bonds is 5. The van der Waals surface area contributed by atoms with Crippen molar-refractivity contribution in [2.45, 2.75) is 37.3 Å². The summed E-state index contributed by atoms with van der Waals surface area (Å²) in [5.74, 6) is -1.29. The lowest BCUT2D eigenvalue weighted by Crippen LogP contribution is -2.39. The van der Waals surface area contributed by atoms with Crippen molar-refractivity contribution < 1.29 is 18.7 Å². The molecule has 2 fully saturated rings. The van der Waals surface area contributed by atoms with E-state index in [2.05, 4.69) is 10.3 Å². The van der Waals surface area contributed by atoms with Crippen LogP contribution >= 0.6 is 0 Å². The van der Waals surface area contributed by atoms with E-state index in [4.69, 9.17) is 0 Å². The topological polar surface area (TPSA) is 65.5 Å². The fraction of sp³-hybridized carbons (Fsp3) is 0.400. The molecule has 0 unspecified atom stereocenters. The largest absolute Gasteiger partial charge is 0.391 e. The molecule has 2 aliphatic rings. The fourth-order valence-corrected chi connectivity index (χ4v) is 3.56. The minimum Gasteiger partial charge on any atom is -0.391 e. The third kappa shape index (κ3) is 3.93. The average Bonchev–Trinajstić information content (AvgIpc) is 3.26. The summed E-state index contributed by atoms with van der Waals surface area (Å²) in [6.07, 6.45) is 3.60. The molecule has 0 radical (unpaired) electrons. The first-order valence-electron chi connectivity index (χ1n) is 9.10. The minimum atomic E-state index is -0.548. The van der Waals surface area contributed by atoms with Gasteiger partial charge in [0.15, 0.2) is 0 Å². The molecule has 1 aromatic carbocycles. The van der Waals surface area contributed by atoms with Gasteiger partial charge >= 0.3 is 0 Å². The van der Waals surface area contributed by atoms with Crippen LogP contribution in [0.4, 0.5) is 14.5 Å². The Hall–Kier alpha value is -2.54. The first-order chi connectivity index (χ1) is 12.9. The van der Waals surface area contributed by atoms with E-state index in [1.54, 1.807) is 12.3 Å². The monoisotopic (exact) mass is 373 g/mol. The van der Waals surface area contributed by atoms with Gasteiger partial charge in [0.05, 0.1) is 6.10 Å². The molecule has 4 rings (SSSR count). The Balaban J connectivity index is 1.46. The Morgan fingerprint density at radius 1 is 1.30 bits per heavy atom. The van der Waals surface area contributed by atoms with Gasteiger partial charge in [-0.25, -0.2) is 8.78 Å². The van der Waals surface area contributed by atoms with Crippen molar-refractivity contribution in [3.05, 3.63) is 59.4 Å². The van der Waals surface area contributed by atoms with E-state index in [1.165, 1.54) is 6.07 Å². The molecule has 7 heteroatoms. The van der Waals surface area contributed by atoms with Crippen LogP contribution in [0, 0.1) is 11.6 Å². The van der Waals surface area contributed by atoms with Crippen molar-refractivity contribution in [1.82, 2.24) is 10.3 Å². The number of halogens is 2. The second-order valence-corrected chi connectivity index (χ2v) is 7.43. The van der Waals surface area contributed by atoms with Crippen LogP contribution in [0.5, 0.6) is 0 Å². The summed E-state index contributed by atoms with van der Waals surface area (Å²) in [6.45, 7) is 1.27. The van der Waals surface area contributed by atoms with Gasteiger partial charge in [-0.1, -0.05) is 0 Å². The summed E-state index contributed by atoms with van der Waals surface area (Å²) in [6, 6.07) is 6.88. The van der Waals surface area contributed by atoms with Gasteiger partial charge in [-0.2, -0.15) is 0 Å². The van der Waals surface area contributed by atoms with E-state index >= 15 is 0 Å². The Morgan fingerprint density at radius 2 is 2.11 bits per heavy atom. The Kier molecular flexibility index (Phi) is 4.55. The van der Waals surface area contributed by atoms with Crippen molar-refractivity contribution in [2.24, 2.45) is 0 Å². The first kappa shape index (κ1) is 17.9. The molecule has 1 aliphatic carbocycles. The van der Waals surface area contributed by atoms with Crippen LogP contribution < -0.4 is 10.2 Å². The van der Waals surface area contributed by atoms with Gasteiger partial charge in [0.1, 0.15) is 17.3 Å². The summed E-state index contributed by atoms with van der Waals surface area (Å²) in [7, 11) is 0. The summed E-state index contributed by atoms with van der Waals surface area (Å²) < 4.78 is 27.3. The van der Waals surface area contributed by atoms with E-state index in [0.29, 0.717) is 25.8 Å². The smallest absolute Gasteiger partial charge is 0.270 e. The number of β-amino-alcohol motifs (C(OH)–C–C–N with tert-alkyl or cyclic N) is 1. The highest BCUT2D eigenvalue weighted by Crippen LogP contribution is 2.39. The normalized spacial score (nSPS) is 20.6. The average molecular weight is 373 g/mol. The third-order valence-corrected chi connectivity index (χ3v) is 5.27. The molecule has 1 aliphatic heterocycles. The van der Waals surface area contributed by atoms with E-state index in [1.807, 2.05) is 11.0 Å². The number of nitrogens with one attached hydrogen (secondary N) is 1. The number of carbonyl (C=O) groups excluding carboxylic acids is 1. The maximum Gasteiger partial charge on any atom is 0.270 e. The summed E-state index contributed by atoms with van der Waals surface area (Å²) in [5, 5.41) is 12.6. The maximum atomic E-state index is 13.9. The van der Waals surface area contributed by atoms with Crippen molar-refractivity contribution in [3.63, 3.8) is 0 Å². The van der Waals surface area contributed by atoms with Crippen molar-refractivity contribution in [3.8, 4) is 0 Å². The number of carbonyl (C=O) groups is 1. The lowest BCUT2D eigenvalue weighted by molar-refractivity contribution is 0.0926. The summed E-state index contributed by atoms with van der Waals surface area (Å²) >= 11 is 0. The number of aliphatic hydroxyl groups is 1. The quantitative estimate of drug-likeness (QED) is 0.845. The van der Waals surface area contributed by atoms with Gasteiger partial charge in [-0.15, -0.1) is 0 Å². The molecule has 142 valence electrons. The zero-order valence-corrected chi connectivity index (χ0v) is 14.8. The lowest BCUT2D eigenvalue weighted by atomic mass is 10.0. The van der Waals surface area contributed by atoms with Crippen molar-refractivity contribution in [1.29, 1.82) is 0 Å². The number of aromatic nitrogens is 1. The predicted molar refractivity (Wildman–Crippen MR) is 96.6 cm³/mol. The molecule has 27 heavy (non-hydrogen) atoms. The minimum absolute atomic E-state index is 0.250. The van der Waals surface area contributed by atoms with Gasteiger partial charge in [0.25, 0.3) is 5.91 Å². The van der Waals surface area contributed by atoms with E-state index in [9.17, 15) is 18.7 Å². The van der Waals surface area contributed by atoms with Gasteiger partial charge in [0.2, 0.25) is 0 Å². The zero-order chi connectivity index (χ0) is 19.0. The summed E-state index contributed by atoms with van der Waals surface area (Å²) in [5.41, 5.74) is 0.834. The van der Waals surface area contributed by atoms with E-state index < -0.39 is 17.2 Å². The molecule has 0 spiro atoms. The van der Waals surface area contributed by atoms with Crippen LogP contribution in [0.2, 0.25) is 0 Å². The molecule has 2 N–H and O–H groups in total. The van der Waals surface area contributed by atoms with Crippen LogP contribution in [0.25, 0.3) is 0 Å². The first-order valence-corrected chi connectivity index (χ1v) is 9.10. The number of hydrogen-bond acceptors (Lipinski definition) is 4. The highest BCUT2D eigenvalue weighted by molar-refractivity contribution is 5.94. The molecular formula is C20H21F2N3O2. The number of nitrogens with zero attached hydrogens (tertiary/aromatic N) is 2. The fourth-order valence-electron chi connectivity index (χ4n) is 3.56. The number of anilines is 1. The molecule has 5 nitrogen and oxygen atoms in total. The third-order valence-electron chi connectivity index (χ3n) is 5.27. The number of aliphatic hydroxyl groups excluding tert-OH is 1. The van der Waals surface area contributed by atoms with Crippen molar-refractivity contribution in [2.75, 3.05) is 18.0 Å². The van der Waals surface area contributed by atoms with Gasteiger partial charge < -0.3 is 15.3 Å². The highest BCUT2D eigenvalue weighted by Gasteiger charge is 2.44. The molecular weight excluding hydrogens is 352 g/mol. The molecule has 1 atom stereocenters. The number of pyridine rings is 1. The second-order valence-electron chi connectivity index (χ2n) is 7.43. The van der Waals surface area contributed by atoms with Gasteiger partial charge in [0, 0.05) is 30.5 Å². The van der Waals surface area contributed by atoms with Crippen LogP contribution in [0.3, 0.4) is 0 Å². The van der Waals surface area contributed by atoms with Gasteiger partial charge in [-0.3, -0.25) is 9.78 Å². The zero-order valence-electron chi connectivity index (χ0n) is 14.8. The number of hydrogen-bond donors (Lipinski definition) is 2. The number of benzene rings is 1. The van der Waals surface area contributed by atoms with Crippen LogP contribution in [0.15, 0.2) is 36.5 Å². The Bertz CT molecular complexity index is 870. The standard InChI is InChI=1S/C20H21F2N3O2/c21-14-1-2-17(22)13(9-14)11-20(5-6-20)24-19(27)18-10-15(3-7-23-18)25-8-4-16(26)12-25/h1-3,7,9-10,16,26H,4-6,8,11-12H2,(H,24,27)/t16-/m0/s1. The predicted octanol–water partition coefficient (Wildman–Crippen LogP) is 2.44. The molecule has 1 amide bonds. The second kappa shape index (κ2) is 6.88.